The van der Waals surface area contributed by atoms with Crippen molar-refractivity contribution >= 4 is 50.9 Å². The number of benzene rings is 1. The van der Waals surface area contributed by atoms with Crippen LogP contribution in [-0.2, 0) is 15.8 Å². The summed E-state index contributed by atoms with van der Waals surface area (Å²) in [4.78, 5) is 29.9. The van der Waals surface area contributed by atoms with Crippen LogP contribution >= 0.6 is 27.5 Å². The second kappa shape index (κ2) is 9.55. The van der Waals surface area contributed by atoms with Gasteiger partial charge in [-0.1, -0.05) is 11.6 Å². The molecule has 0 aliphatic heterocycles. The number of hydrogen-bond acceptors (Lipinski definition) is 4. The van der Waals surface area contributed by atoms with Crippen LogP contribution in [0.3, 0.4) is 0 Å². The minimum atomic E-state index is -4.68. The molecule has 156 valence electrons. The second-order valence-electron chi connectivity index (χ2n) is 6.18. The first-order valence-electron chi connectivity index (χ1n) is 8.26. The zero-order valence-electron chi connectivity index (χ0n) is 15.3. The maximum absolute atomic E-state index is 13.2. The Labute approximate surface area is 178 Å². The molecule has 2 aromatic rings. The van der Waals surface area contributed by atoms with E-state index in [4.69, 9.17) is 11.6 Å². The smallest absolute Gasteiger partial charge is 0.324 e. The molecule has 2 amide bonds. The van der Waals surface area contributed by atoms with Crippen molar-refractivity contribution in [1.29, 1.82) is 0 Å². The normalized spacial score (nSPS) is 12.6. The lowest BCUT2D eigenvalue weighted by atomic mass is 10.1. The van der Waals surface area contributed by atoms with Crippen LogP contribution in [0.25, 0.3) is 0 Å². The lowest BCUT2D eigenvalue weighted by Crippen LogP contribution is -2.43. The number of pyridine rings is 1. The molecule has 6 nitrogen and oxygen atoms in total. The Morgan fingerprint density at radius 3 is 2.52 bits per heavy atom. The van der Waals surface area contributed by atoms with Crippen molar-refractivity contribution in [2.45, 2.75) is 19.1 Å². The minimum Gasteiger partial charge on any atom is -0.324 e. The van der Waals surface area contributed by atoms with Crippen LogP contribution in [0.1, 0.15) is 12.5 Å². The van der Waals surface area contributed by atoms with Crippen LogP contribution in [-0.4, -0.2) is 41.3 Å². The number of carbonyl (C=O) groups excluding carboxylic acids is 2. The summed E-state index contributed by atoms with van der Waals surface area (Å²) in [6.45, 7) is 1.31. The van der Waals surface area contributed by atoms with E-state index < -0.39 is 35.3 Å². The van der Waals surface area contributed by atoms with Gasteiger partial charge < -0.3 is 10.6 Å². The van der Waals surface area contributed by atoms with E-state index in [1.54, 1.807) is 12.1 Å². The summed E-state index contributed by atoms with van der Waals surface area (Å²) in [5.41, 5.74) is -1.46. The Balaban J connectivity index is 2.01. The summed E-state index contributed by atoms with van der Waals surface area (Å²) in [5, 5.41) is 4.72. The molecule has 2 rings (SSSR count). The van der Waals surface area contributed by atoms with Gasteiger partial charge in [0.25, 0.3) is 0 Å². The van der Waals surface area contributed by atoms with E-state index in [2.05, 4.69) is 31.5 Å². The molecule has 2 N–H and O–H groups in total. The maximum atomic E-state index is 13.2. The molecule has 0 bridgehead atoms. The Morgan fingerprint density at radius 1 is 1.24 bits per heavy atom. The number of nitrogens with one attached hydrogen (secondary N) is 2. The van der Waals surface area contributed by atoms with Crippen molar-refractivity contribution in [3.63, 3.8) is 0 Å². The van der Waals surface area contributed by atoms with Gasteiger partial charge in [0.05, 0.1) is 23.8 Å². The van der Waals surface area contributed by atoms with Crippen molar-refractivity contribution < 1.29 is 22.8 Å². The number of rotatable bonds is 6. The molecule has 0 saturated heterocycles. The van der Waals surface area contributed by atoms with Crippen molar-refractivity contribution in [3.05, 3.63) is 51.6 Å². The van der Waals surface area contributed by atoms with E-state index in [0.29, 0.717) is 5.82 Å². The SMILES string of the molecule is CC(C(=O)Nc1ccc(Cl)cc1C(F)(F)F)N(C)CC(=O)Nc1ccc(Br)cn1. The van der Waals surface area contributed by atoms with Gasteiger partial charge in [-0.3, -0.25) is 14.5 Å². The summed E-state index contributed by atoms with van der Waals surface area (Å²) in [7, 11) is 1.51. The average Bonchev–Trinajstić information content (AvgIpc) is 2.63. The third-order valence-corrected chi connectivity index (χ3v) is 4.68. The van der Waals surface area contributed by atoms with E-state index in [1.807, 2.05) is 0 Å². The summed E-state index contributed by atoms with van der Waals surface area (Å²) in [6, 6.07) is 5.49. The second-order valence-corrected chi connectivity index (χ2v) is 7.53. The monoisotopic (exact) mass is 492 g/mol. The Morgan fingerprint density at radius 2 is 1.93 bits per heavy atom. The third-order valence-electron chi connectivity index (χ3n) is 3.97. The summed E-state index contributed by atoms with van der Waals surface area (Å²) in [6.07, 6.45) is -3.17. The largest absolute Gasteiger partial charge is 0.418 e. The molecule has 1 aromatic carbocycles. The zero-order chi connectivity index (χ0) is 21.8. The van der Waals surface area contributed by atoms with Gasteiger partial charge in [-0.2, -0.15) is 13.2 Å². The predicted octanol–water partition coefficient (Wildman–Crippen LogP) is 4.41. The minimum absolute atomic E-state index is 0.0984. The topological polar surface area (TPSA) is 74.3 Å². The predicted molar refractivity (Wildman–Crippen MR) is 108 cm³/mol. The first-order chi connectivity index (χ1) is 13.5. The van der Waals surface area contributed by atoms with Crippen molar-refractivity contribution in [2.24, 2.45) is 0 Å². The van der Waals surface area contributed by atoms with Gasteiger partial charge in [0.1, 0.15) is 5.82 Å². The number of amides is 2. The van der Waals surface area contributed by atoms with Crippen LogP contribution in [0, 0.1) is 0 Å². The Kier molecular flexibility index (Phi) is 7.61. The van der Waals surface area contributed by atoms with Crippen LogP contribution in [0.15, 0.2) is 41.0 Å². The first-order valence-corrected chi connectivity index (χ1v) is 9.43. The molecule has 11 heteroatoms. The molecule has 0 radical (unpaired) electrons. The Bertz CT molecular complexity index is 894. The lowest BCUT2D eigenvalue weighted by molar-refractivity contribution is -0.137. The fourth-order valence-electron chi connectivity index (χ4n) is 2.29. The number of likely N-dealkylation sites (N-methyl/N-ethyl adjacent to an activating group) is 1. The van der Waals surface area contributed by atoms with E-state index in [-0.39, 0.29) is 11.6 Å². The molecule has 29 heavy (non-hydrogen) atoms. The molecule has 0 fully saturated rings. The molecular weight excluding hydrogens is 477 g/mol. The summed E-state index contributed by atoms with van der Waals surface area (Å²) < 4.78 is 40.2. The third kappa shape index (κ3) is 6.69. The van der Waals surface area contributed by atoms with Crippen LogP contribution in [0.4, 0.5) is 24.7 Å². The molecule has 0 saturated carbocycles. The van der Waals surface area contributed by atoms with Crippen molar-refractivity contribution in [1.82, 2.24) is 9.88 Å². The van der Waals surface area contributed by atoms with Crippen LogP contribution < -0.4 is 10.6 Å². The summed E-state index contributed by atoms with van der Waals surface area (Å²) in [5.74, 6) is -0.793. The highest BCUT2D eigenvalue weighted by Gasteiger charge is 2.34. The van der Waals surface area contributed by atoms with Crippen molar-refractivity contribution in [2.75, 3.05) is 24.2 Å². The maximum Gasteiger partial charge on any atom is 0.418 e. The van der Waals surface area contributed by atoms with E-state index in [9.17, 15) is 22.8 Å². The van der Waals surface area contributed by atoms with Gasteiger partial charge in [0.2, 0.25) is 11.8 Å². The quantitative estimate of drug-likeness (QED) is 0.625. The number of nitrogens with zero attached hydrogens (tertiary/aromatic N) is 2. The van der Waals surface area contributed by atoms with Gasteiger partial charge in [-0.15, -0.1) is 0 Å². The Hall–Kier alpha value is -2.17. The van der Waals surface area contributed by atoms with Crippen LogP contribution in [0.5, 0.6) is 0 Å². The summed E-state index contributed by atoms with van der Waals surface area (Å²) >= 11 is 8.86. The number of carbonyl (C=O) groups is 2. The van der Waals surface area contributed by atoms with E-state index in [1.165, 1.54) is 31.1 Å². The molecule has 0 aliphatic carbocycles. The van der Waals surface area contributed by atoms with Crippen LogP contribution in [0.2, 0.25) is 5.02 Å². The highest BCUT2D eigenvalue weighted by molar-refractivity contribution is 9.10. The highest BCUT2D eigenvalue weighted by Crippen LogP contribution is 2.36. The van der Waals surface area contributed by atoms with E-state index >= 15 is 0 Å². The number of alkyl halides is 3. The molecule has 1 aromatic heterocycles. The van der Waals surface area contributed by atoms with E-state index in [0.717, 1.165) is 16.6 Å². The fourth-order valence-corrected chi connectivity index (χ4v) is 2.70. The van der Waals surface area contributed by atoms with Gasteiger partial charge in [-0.05, 0) is 60.2 Å². The average molecular weight is 494 g/mol. The van der Waals surface area contributed by atoms with Crippen molar-refractivity contribution in [3.8, 4) is 0 Å². The highest BCUT2D eigenvalue weighted by atomic mass is 79.9. The number of aromatic nitrogens is 1. The molecule has 0 aliphatic rings. The van der Waals surface area contributed by atoms with Gasteiger partial charge >= 0.3 is 6.18 Å². The standard InChI is InChI=1S/C18H17BrClF3N4O2/c1-10(27(2)9-16(28)26-15-6-3-11(19)8-24-15)17(29)25-14-5-4-12(20)7-13(14)18(21,22)23/h3-8,10H,9H2,1-2H3,(H,25,29)(H,24,26,28). The number of hydrogen-bond donors (Lipinski definition) is 2. The van der Waals surface area contributed by atoms with Gasteiger partial charge in [-0.25, -0.2) is 4.98 Å². The zero-order valence-corrected chi connectivity index (χ0v) is 17.7. The van der Waals surface area contributed by atoms with Gasteiger partial charge in [0, 0.05) is 15.7 Å². The first kappa shape index (κ1) is 23.1. The van der Waals surface area contributed by atoms with Gasteiger partial charge in [0.15, 0.2) is 0 Å². The fraction of sp³-hybridized carbons (Fsp3) is 0.278. The molecule has 1 atom stereocenters. The number of halogens is 5. The number of anilines is 2. The molecule has 0 spiro atoms. The lowest BCUT2D eigenvalue weighted by Gasteiger charge is -2.24. The molecule has 1 unspecified atom stereocenters. The molecule has 1 heterocycles. The molecular formula is C18H17BrClF3N4O2.